The van der Waals surface area contributed by atoms with Crippen molar-refractivity contribution < 1.29 is 9.90 Å². The zero-order valence-corrected chi connectivity index (χ0v) is 9.39. The standard InChI is InChI=1S/C11H17N3O2/c1-2-13-9(5-11(15)16)10-6-12-7-14(10)8-3-4-8/h6-9,13H,2-5H2,1H3,(H,15,16). The molecule has 16 heavy (non-hydrogen) atoms. The number of aliphatic carboxylic acids is 1. The Morgan fingerprint density at radius 3 is 3.06 bits per heavy atom. The lowest BCUT2D eigenvalue weighted by atomic mass is 10.1. The van der Waals surface area contributed by atoms with E-state index in [0.717, 1.165) is 12.2 Å². The van der Waals surface area contributed by atoms with Crippen molar-refractivity contribution in [2.24, 2.45) is 0 Å². The van der Waals surface area contributed by atoms with E-state index in [0.29, 0.717) is 6.04 Å². The first kappa shape index (κ1) is 11.1. The maximum Gasteiger partial charge on any atom is 0.305 e. The highest BCUT2D eigenvalue weighted by molar-refractivity contribution is 5.67. The van der Waals surface area contributed by atoms with Gasteiger partial charge in [0.1, 0.15) is 0 Å². The molecule has 88 valence electrons. The Labute approximate surface area is 94.5 Å². The molecule has 5 heteroatoms. The van der Waals surface area contributed by atoms with Gasteiger partial charge in [-0.2, -0.15) is 0 Å². The number of carboxylic acid groups (broad SMARTS) is 1. The van der Waals surface area contributed by atoms with E-state index in [9.17, 15) is 4.79 Å². The topological polar surface area (TPSA) is 67.2 Å². The van der Waals surface area contributed by atoms with E-state index in [2.05, 4.69) is 14.9 Å². The van der Waals surface area contributed by atoms with Crippen molar-refractivity contribution in [3.8, 4) is 0 Å². The summed E-state index contributed by atoms with van der Waals surface area (Å²) in [6.45, 7) is 2.74. The lowest BCUT2D eigenvalue weighted by molar-refractivity contribution is -0.137. The van der Waals surface area contributed by atoms with E-state index in [4.69, 9.17) is 5.11 Å². The van der Waals surface area contributed by atoms with Crippen molar-refractivity contribution >= 4 is 5.97 Å². The zero-order valence-electron chi connectivity index (χ0n) is 9.39. The Morgan fingerprint density at radius 2 is 2.50 bits per heavy atom. The average molecular weight is 223 g/mol. The Balaban J connectivity index is 2.16. The van der Waals surface area contributed by atoms with Crippen LogP contribution < -0.4 is 5.32 Å². The van der Waals surface area contributed by atoms with Crippen molar-refractivity contribution in [3.63, 3.8) is 0 Å². The summed E-state index contributed by atoms with van der Waals surface area (Å²) in [6, 6.07) is 0.401. The second-order valence-electron chi connectivity index (χ2n) is 4.17. The number of nitrogens with one attached hydrogen (secondary N) is 1. The van der Waals surface area contributed by atoms with Crippen molar-refractivity contribution in [1.82, 2.24) is 14.9 Å². The summed E-state index contributed by atoms with van der Waals surface area (Å²) < 4.78 is 2.11. The van der Waals surface area contributed by atoms with Gasteiger partial charge in [-0.3, -0.25) is 4.79 Å². The molecule has 1 aromatic rings. The van der Waals surface area contributed by atoms with E-state index < -0.39 is 5.97 Å². The average Bonchev–Trinajstić information content (AvgIpc) is 2.95. The molecule has 1 aliphatic rings. The number of hydrogen-bond acceptors (Lipinski definition) is 3. The molecule has 1 aliphatic carbocycles. The third kappa shape index (κ3) is 2.41. The summed E-state index contributed by atoms with van der Waals surface area (Å²) in [5.41, 5.74) is 0.992. The molecular formula is C11H17N3O2. The molecule has 0 aromatic carbocycles. The zero-order chi connectivity index (χ0) is 11.5. The summed E-state index contributed by atoms with van der Waals surface area (Å²) >= 11 is 0. The third-order valence-electron chi connectivity index (χ3n) is 2.82. The summed E-state index contributed by atoms with van der Waals surface area (Å²) in [4.78, 5) is 14.9. The van der Waals surface area contributed by atoms with Crippen LogP contribution in [0.25, 0.3) is 0 Å². The minimum Gasteiger partial charge on any atom is -0.481 e. The van der Waals surface area contributed by atoms with Crippen LogP contribution in [0.3, 0.4) is 0 Å². The molecule has 2 N–H and O–H groups in total. The normalized spacial score (nSPS) is 17.3. The van der Waals surface area contributed by atoms with Crippen molar-refractivity contribution in [2.45, 2.75) is 38.3 Å². The molecular weight excluding hydrogens is 206 g/mol. The van der Waals surface area contributed by atoms with Crippen LogP contribution >= 0.6 is 0 Å². The highest BCUT2D eigenvalue weighted by Crippen LogP contribution is 2.37. The Bertz CT molecular complexity index is 371. The van der Waals surface area contributed by atoms with Crippen LogP contribution in [0, 0.1) is 0 Å². The van der Waals surface area contributed by atoms with Gasteiger partial charge < -0.3 is 15.0 Å². The van der Waals surface area contributed by atoms with Gasteiger partial charge in [0, 0.05) is 12.2 Å². The molecule has 1 unspecified atom stereocenters. The Morgan fingerprint density at radius 1 is 1.75 bits per heavy atom. The first-order valence-electron chi connectivity index (χ1n) is 5.69. The molecule has 0 spiro atoms. The van der Waals surface area contributed by atoms with Gasteiger partial charge >= 0.3 is 5.97 Å². The van der Waals surface area contributed by atoms with E-state index in [-0.39, 0.29) is 12.5 Å². The molecule has 1 saturated carbocycles. The number of rotatable bonds is 6. The van der Waals surface area contributed by atoms with Gasteiger partial charge in [0.2, 0.25) is 0 Å². The van der Waals surface area contributed by atoms with Crippen molar-refractivity contribution in [1.29, 1.82) is 0 Å². The monoisotopic (exact) mass is 223 g/mol. The SMILES string of the molecule is CCNC(CC(=O)O)c1cncn1C1CC1. The van der Waals surface area contributed by atoms with Crippen molar-refractivity contribution in [3.05, 3.63) is 18.2 Å². The van der Waals surface area contributed by atoms with E-state index in [1.807, 2.05) is 6.92 Å². The fraction of sp³-hybridized carbons (Fsp3) is 0.636. The van der Waals surface area contributed by atoms with Gasteiger partial charge in [-0.1, -0.05) is 6.92 Å². The second-order valence-corrected chi connectivity index (χ2v) is 4.17. The number of carboxylic acids is 1. The highest BCUT2D eigenvalue weighted by Gasteiger charge is 2.28. The maximum atomic E-state index is 10.8. The fourth-order valence-electron chi connectivity index (χ4n) is 1.94. The summed E-state index contributed by atoms with van der Waals surface area (Å²) in [5.74, 6) is -0.783. The second kappa shape index (κ2) is 4.65. The Kier molecular flexibility index (Phi) is 3.24. The van der Waals surface area contributed by atoms with Gasteiger partial charge in [-0.05, 0) is 19.4 Å². The Hall–Kier alpha value is -1.36. The molecule has 5 nitrogen and oxygen atoms in total. The summed E-state index contributed by atoms with van der Waals surface area (Å²) in [7, 11) is 0. The van der Waals surface area contributed by atoms with E-state index in [1.165, 1.54) is 12.8 Å². The number of nitrogens with zero attached hydrogens (tertiary/aromatic N) is 2. The van der Waals surface area contributed by atoms with Gasteiger partial charge in [0.25, 0.3) is 0 Å². The largest absolute Gasteiger partial charge is 0.481 e. The molecule has 0 saturated heterocycles. The number of aromatic nitrogens is 2. The highest BCUT2D eigenvalue weighted by atomic mass is 16.4. The predicted octanol–water partition coefficient (Wildman–Crippen LogP) is 1.34. The van der Waals surface area contributed by atoms with E-state index >= 15 is 0 Å². The molecule has 1 atom stereocenters. The van der Waals surface area contributed by atoms with Crippen LogP contribution in [0.4, 0.5) is 0 Å². The van der Waals surface area contributed by atoms with Crippen LogP contribution in [-0.2, 0) is 4.79 Å². The van der Waals surface area contributed by atoms with Crippen LogP contribution in [0.2, 0.25) is 0 Å². The van der Waals surface area contributed by atoms with Crippen LogP contribution in [0.15, 0.2) is 12.5 Å². The van der Waals surface area contributed by atoms with Gasteiger partial charge in [0.05, 0.1) is 24.5 Å². The predicted molar refractivity (Wildman–Crippen MR) is 59.2 cm³/mol. The molecule has 0 bridgehead atoms. The first-order chi connectivity index (χ1) is 7.72. The first-order valence-corrected chi connectivity index (χ1v) is 5.69. The molecule has 2 rings (SSSR count). The van der Waals surface area contributed by atoms with Crippen LogP contribution in [0.1, 0.15) is 44.0 Å². The molecule has 0 amide bonds. The molecule has 1 aromatic heterocycles. The minimum absolute atomic E-state index is 0.103. The number of hydrogen-bond donors (Lipinski definition) is 2. The number of carbonyl (C=O) groups is 1. The fourth-order valence-corrected chi connectivity index (χ4v) is 1.94. The van der Waals surface area contributed by atoms with Crippen LogP contribution in [0.5, 0.6) is 0 Å². The lowest BCUT2D eigenvalue weighted by Crippen LogP contribution is -2.25. The number of imidazole rings is 1. The minimum atomic E-state index is -0.783. The lowest BCUT2D eigenvalue weighted by Gasteiger charge is -2.17. The quantitative estimate of drug-likeness (QED) is 0.763. The summed E-state index contributed by atoms with van der Waals surface area (Å²) in [6.07, 6.45) is 6.03. The molecule has 1 heterocycles. The third-order valence-corrected chi connectivity index (χ3v) is 2.82. The van der Waals surface area contributed by atoms with Gasteiger partial charge in [-0.25, -0.2) is 4.98 Å². The summed E-state index contributed by atoms with van der Waals surface area (Å²) in [5, 5.41) is 12.1. The molecule has 0 radical (unpaired) electrons. The maximum absolute atomic E-state index is 10.8. The smallest absolute Gasteiger partial charge is 0.305 e. The van der Waals surface area contributed by atoms with Gasteiger partial charge in [0.15, 0.2) is 0 Å². The molecule has 1 fully saturated rings. The molecule has 0 aliphatic heterocycles. The van der Waals surface area contributed by atoms with E-state index in [1.54, 1.807) is 12.5 Å². The van der Waals surface area contributed by atoms with Crippen molar-refractivity contribution in [2.75, 3.05) is 6.54 Å². The van der Waals surface area contributed by atoms with Crippen LogP contribution in [-0.4, -0.2) is 27.2 Å². The van der Waals surface area contributed by atoms with Gasteiger partial charge in [-0.15, -0.1) is 0 Å².